The summed E-state index contributed by atoms with van der Waals surface area (Å²) in [4.78, 5) is 0. The number of hydrogen-bond acceptors (Lipinski definition) is 4. The van der Waals surface area contributed by atoms with Gasteiger partial charge in [-0.15, -0.1) is 0 Å². The van der Waals surface area contributed by atoms with Crippen LogP contribution in [0.25, 0.3) is 0 Å². The molecule has 5 heteroatoms. The summed E-state index contributed by atoms with van der Waals surface area (Å²) in [7, 11) is -1.60. The van der Waals surface area contributed by atoms with Gasteiger partial charge in [-0.05, 0) is 18.6 Å². The lowest BCUT2D eigenvalue weighted by atomic mass is 10.2. The average molecular weight is 200 g/mol. The number of hydrogen-bond donors (Lipinski definition) is 2. The maximum atomic E-state index is 8.19. The van der Waals surface area contributed by atoms with Gasteiger partial charge in [-0.25, -0.2) is 0 Å². The first-order chi connectivity index (χ1) is 6.77. The van der Waals surface area contributed by atoms with Crippen molar-refractivity contribution in [1.82, 2.24) is 0 Å². The number of unbranched alkanes of at least 4 members (excludes halogenated alkanes) is 2. The molecule has 4 nitrogen and oxygen atoms in total. The van der Waals surface area contributed by atoms with Crippen LogP contribution < -0.4 is 0 Å². The van der Waals surface area contributed by atoms with Gasteiger partial charge in [0.15, 0.2) is 0 Å². The molecule has 0 aliphatic heterocycles. The molecule has 0 atom stereocenters. The smallest absolute Gasteiger partial charge is 0.473 e. The lowest BCUT2D eigenvalue weighted by molar-refractivity contribution is 0.182. The van der Waals surface area contributed by atoms with Crippen molar-refractivity contribution in [1.29, 1.82) is 0 Å². The third kappa shape index (κ3) is 11.2. The topological polar surface area (TPSA) is 62.8 Å². The Morgan fingerprint density at radius 1 is 1.21 bits per heavy atom. The molecule has 80 valence electrons. The summed E-state index contributed by atoms with van der Waals surface area (Å²) in [5.74, 6) is 0. The molecule has 2 N–H and O–H groups in total. The van der Waals surface area contributed by atoms with Crippen LogP contribution in [0.15, 0.2) is 29.1 Å². The molecule has 0 radical (unpaired) electrons. The van der Waals surface area contributed by atoms with E-state index in [4.69, 9.17) is 10.0 Å². The van der Waals surface area contributed by atoms with Crippen LogP contribution in [0.3, 0.4) is 0 Å². The maximum Gasteiger partial charge on any atom is 0.633 e. The van der Waals surface area contributed by atoms with Gasteiger partial charge < -0.3 is 19.1 Å². The average Bonchev–Trinajstić information content (AvgIpc) is 2.70. The molecule has 0 aliphatic carbocycles. The Morgan fingerprint density at radius 3 is 2.21 bits per heavy atom. The second-order valence-electron chi connectivity index (χ2n) is 2.70. The van der Waals surface area contributed by atoms with Crippen molar-refractivity contribution >= 4 is 7.32 Å². The maximum absolute atomic E-state index is 8.19. The van der Waals surface area contributed by atoms with Crippen LogP contribution in [0.5, 0.6) is 0 Å². The zero-order valence-electron chi connectivity index (χ0n) is 8.43. The van der Waals surface area contributed by atoms with E-state index in [2.05, 4.69) is 16.0 Å². The van der Waals surface area contributed by atoms with E-state index in [0.717, 1.165) is 19.3 Å². The van der Waals surface area contributed by atoms with E-state index in [1.165, 1.54) is 0 Å². The molecule has 0 amide bonds. The molecule has 0 saturated heterocycles. The van der Waals surface area contributed by atoms with Crippen LogP contribution in [-0.4, -0.2) is 24.0 Å². The van der Waals surface area contributed by atoms with Crippen molar-refractivity contribution in [2.45, 2.75) is 26.2 Å². The highest BCUT2D eigenvalue weighted by atomic mass is 16.6. The summed E-state index contributed by atoms with van der Waals surface area (Å²) in [6.45, 7) is 2.51. The lowest BCUT2D eigenvalue weighted by Gasteiger charge is -1.99. The van der Waals surface area contributed by atoms with E-state index in [0.29, 0.717) is 6.61 Å². The summed E-state index contributed by atoms with van der Waals surface area (Å²) in [6.07, 6.45) is 6.34. The molecular formula is C9H17BO4. The molecule has 1 aromatic heterocycles. The van der Waals surface area contributed by atoms with Crippen molar-refractivity contribution < 1.29 is 19.1 Å². The zero-order chi connectivity index (χ0) is 10.6. The predicted octanol–water partition coefficient (Wildman–Crippen LogP) is 1.44. The summed E-state index contributed by atoms with van der Waals surface area (Å²) in [6, 6.07) is 3.67. The molecule has 0 unspecified atom stereocenters. The third-order valence-electron chi connectivity index (χ3n) is 1.44. The molecule has 0 saturated carbocycles. The van der Waals surface area contributed by atoms with Crippen LogP contribution in [0, 0.1) is 0 Å². The van der Waals surface area contributed by atoms with Crippen molar-refractivity contribution in [3.63, 3.8) is 0 Å². The first-order valence-electron chi connectivity index (χ1n) is 4.72. The number of furan rings is 1. The Hall–Kier alpha value is -0.775. The fourth-order valence-corrected chi connectivity index (χ4v) is 0.768. The number of rotatable bonds is 5. The Kier molecular flexibility index (Phi) is 9.74. The molecule has 1 heterocycles. The molecule has 1 aromatic rings. The normalized spacial score (nSPS) is 9.07. The monoisotopic (exact) mass is 200 g/mol. The van der Waals surface area contributed by atoms with Crippen molar-refractivity contribution in [3.05, 3.63) is 24.7 Å². The minimum absolute atomic E-state index is 0.436. The Bertz CT molecular complexity index is 160. The highest BCUT2D eigenvalue weighted by molar-refractivity contribution is 6.32. The van der Waals surface area contributed by atoms with Crippen molar-refractivity contribution in [2.75, 3.05) is 6.61 Å². The Labute approximate surface area is 84.7 Å². The fraction of sp³-hybridized carbons (Fsp3) is 0.556. The Balaban J connectivity index is 0.000000280. The molecule has 0 bridgehead atoms. The molecule has 0 fully saturated rings. The minimum atomic E-state index is -1.60. The lowest BCUT2D eigenvalue weighted by Crippen LogP contribution is -2.17. The van der Waals surface area contributed by atoms with Gasteiger partial charge in [0, 0.05) is 6.61 Å². The highest BCUT2D eigenvalue weighted by Gasteiger charge is 2.05. The van der Waals surface area contributed by atoms with E-state index >= 15 is 0 Å². The second-order valence-corrected chi connectivity index (χ2v) is 2.70. The minimum Gasteiger partial charge on any atom is -0.473 e. The summed E-state index contributed by atoms with van der Waals surface area (Å²) in [5, 5.41) is 16.4. The molecule has 14 heavy (non-hydrogen) atoms. The predicted molar refractivity (Wildman–Crippen MR) is 54.4 cm³/mol. The summed E-state index contributed by atoms with van der Waals surface area (Å²) < 4.78 is 9.04. The van der Waals surface area contributed by atoms with Crippen LogP contribution >= 0.6 is 0 Å². The van der Waals surface area contributed by atoms with E-state index in [9.17, 15) is 0 Å². The zero-order valence-corrected chi connectivity index (χ0v) is 8.43. The van der Waals surface area contributed by atoms with Gasteiger partial charge in [0.1, 0.15) is 0 Å². The van der Waals surface area contributed by atoms with Gasteiger partial charge in [0.25, 0.3) is 0 Å². The first kappa shape index (κ1) is 13.2. The summed E-state index contributed by atoms with van der Waals surface area (Å²) >= 11 is 0. The van der Waals surface area contributed by atoms with Gasteiger partial charge in [0.2, 0.25) is 0 Å². The van der Waals surface area contributed by atoms with Crippen molar-refractivity contribution in [2.24, 2.45) is 0 Å². The van der Waals surface area contributed by atoms with Crippen LogP contribution in [0.1, 0.15) is 26.2 Å². The van der Waals surface area contributed by atoms with E-state index < -0.39 is 7.32 Å². The van der Waals surface area contributed by atoms with Crippen LogP contribution in [0.4, 0.5) is 0 Å². The van der Waals surface area contributed by atoms with Crippen LogP contribution in [0.2, 0.25) is 0 Å². The third-order valence-corrected chi connectivity index (χ3v) is 1.44. The SMILES string of the molecule is CCCCCOB(O)O.c1ccoc1. The highest BCUT2D eigenvalue weighted by Crippen LogP contribution is 1.93. The molecule has 0 aliphatic rings. The van der Waals surface area contributed by atoms with Gasteiger partial charge >= 0.3 is 7.32 Å². The van der Waals surface area contributed by atoms with Gasteiger partial charge in [-0.2, -0.15) is 0 Å². The van der Waals surface area contributed by atoms with Crippen molar-refractivity contribution in [3.8, 4) is 0 Å². The first-order valence-corrected chi connectivity index (χ1v) is 4.72. The summed E-state index contributed by atoms with van der Waals surface area (Å²) in [5.41, 5.74) is 0. The van der Waals surface area contributed by atoms with Gasteiger partial charge in [-0.3, -0.25) is 0 Å². The van der Waals surface area contributed by atoms with E-state index in [-0.39, 0.29) is 0 Å². The largest absolute Gasteiger partial charge is 0.633 e. The van der Waals surface area contributed by atoms with Crippen LogP contribution in [-0.2, 0) is 4.65 Å². The standard InChI is InChI=1S/C5H13BO3.C4H4O/c1-2-3-4-5-9-6(7)8;1-2-4-5-3-1/h7-8H,2-5H2,1H3;1-4H. The van der Waals surface area contributed by atoms with E-state index in [1.807, 2.05) is 12.1 Å². The molecule has 0 aromatic carbocycles. The quantitative estimate of drug-likeness (QED) is 0.557. The molecular weight excluding hydrogens is 183 g/mol. The van der Waals surface area contributed by atoms with Gasteiger partial charge in [-0.1, -0.05) is 19.8 Å². The van der Waals surface area contributed by atoms with E-state index in [1.54, 1.807) is 12.5 Å². The Morgan fingerprint density at radius 2 is 1.86 bits per heavy atom. The molecule has 0 spiro atoms. The molecule has 1 rings (SSSR count). The second kappa shape index (κ2) is 10.3. The van der Waals surface area contributed by atoms with Gasteiger partial charge in [0.05, 0.1) is 12.5 Å². The fourth-order valence-electron chi connectivity index (χ4n) is 0.768.